The van der Waals surface area contributed by atoms with Gasteiger partial charge in [-0.2, -0.15) is 5.10 Å². The number of aromatic hydroxyl groups is 1. The summed E-state index contributed by atoms with van der Waals surface area (Å²) in [5.41, 5.74) is 8.66. The molecule has 0 bridgehead atoms. The number of phenolic OH excluding ortho intramolecular Hbond substituents is 1. The molecule has 0 unspecified atom stereocenters. The summed E-state index contributed by atoms with van der Waals surface area (Å²) in [6.45, 7) is 6.14. The molecule has 1 aliphatic rings. The van der Waals surface area contributed by atoms with E-state index >= 15 is 0 Å². The van der Waals surface area contributed by atoms with E-state index in [0.717, 1.165) is 0 Å². The number of aryl methyl sites for hydroxylation is 1. The third kappa shape index (κ3) is 2.29. The highest BCUT2D eigenvalue weighted by molar-refractivity contribution is 6.69. The van der Waals surface area contributed by atoms with E-state index in [0.29, 0.717) is 34.9 Å². The van der Waals surface area contributed by atoms with E-state index < -0.39 is 0 Å². The standard InChI is InChI=1S/C13H17N5O/c1-4-18-13(15)12(8(3)17-18)16-10-5-7(2)11(19)6-9(10)14/h5-6,15,19H,4,14H2,1-3H3. The summed E-state index contributed by atoms with van der Waals surface area (Å²) in [6.07, 6.45) is 0. The van der Waals surface area contributed by atoms with Crippen molar-refractivity contribution < 1.29 is 5.11 Å². The van der Waals surface area contributed by atoms with Gasteiger partial charge in [-0.3, -0.25) is 5.41 Å². The van der Waals surface area contributed by atoms with Crippen LogP contribution in [0.15, 0.2) is 22.2 Å². The molecule has 0 aliphatic carbocycles. The Hall–Kier alpha value is -2.37. The molecule has 2 rings (SSSR count). The van der Waals surface area contributed by atoms with Crippen molar-refractivity contribution in [2.24, 2.45) is 10.1 Å². The number of anilines is 1. The maximum absolute atomic E-state index is 9.57. The lowest BCUT2D eigenvalue weighted by atomic mass is 10.1. The van der Waals surface area contributed by atoms with E-state index in [9.17, 15) is 5.11 Å². The maximum Gasteiger partial charge on any atom is 0.169 e. The second-order valence-corrected chi connectivity index (χ2v) is 4.41. The predicted molar refractivity (Wildman–Crippen MR) is 77.6 cm³/mol. The average molecular weight is 259 g/mol. The van der Waals surface area contributed by atoms with Crippen LogP contribution in [0, 0.1) is 12.3 Å². The molecule has 6 heteroatoms. The third-order valence-electron chi connectivity index (χ3n) is 2.97. The highest BCUT2D eigenvalue weighted by atomic mass is 16.3. The number of benzene rings is 1. The summed E-state index contributed by atoms with van der Waals surface area (Å²) in [4.78, 5) is 4.40. The van der Waals surface area contributed by atoms with Crippen molar-refractivity contribution in [3.63, 3.8) is 0 Å². The molecule has 4 N–H and O–H groups in total. The number of nitrogen functional groups attached to an aromatic ring is 1. The number of amidine groups is 1. The highest BCUT2D eigenvalue weighted by Gasteiger charge is 2.24. The first-order valence-corrected chi connectivity index (χ1v) is 6.03. The van der Waals surface area contributed by atoms with Crippen molar-refractivity contribution in [3.8, 4) is 5.75 Å². The number of aliphatic imine (C=N–C) groups is 1. The average Bonchev–Trinajstić information content (AvgIpc) is 2.63. The zero-order valence-electron chi connectivity index (χ0n) is 11.2. The molecule has 0 spiro atoms. The van der Waals surface area contributed by atoms with Crippen molar-refractivity contribution in [3.05, 3.63) is 17.7 Å². The van der Waals surface area contributed by atoms with Gasteiger partial charge in [-0.25, -0.2) is 10.0 Å². The van der Waals surface area contributed by atoms with Crippen molar-refractivity contribution in [2.75, 3.05) is 12.3 Å². The molecule has 0 fully saturated rings. The number of nitrogens with zero attached hydrogens (tertiary/aromatic N) is 3. The Bertz CT molecular complexity index is 603. The first kappa shape index (κ1) is 13.1. The Morgan fingerprint density at radius 1 is 1.42 bits per heavy atom. The van der Waals surface area contributed by atoms with Crippen LogP contribution in [0.5, 0.6) is 5.75 Å². The van der Waals surface area contributed by atoms with Gasteiger partial charge in [-0.15, -0.1) is 0 Å². The first-order chi connectivity index (χ1) is 8.93. The van der Waals surface area contributed by atoms with Crippen LogP contribution in [0.1, 0.15) is 19.4 Å². The SMILES string of the molecule is CCN1N=C(C)C(=Nc2cc(C)c(O)cc2N)C1=N. The van der Waals surface area contributed by atoms with Crippen LogP contribution in [-0.4, -0.2) is 33.9 Å². The fourth-order valence-corrected chi connectivity index (χ4v) is 1.85. The van der Waals surface area contributed by atoms with Gasteiger partial charge in [0.15, 0.2) is 5.84 Å². The Labute approximate surface area is 111 Å². The van der Waals surface area contributed by atoms with Crippen molar-refractivity contribution in [1.82, 2.24) is 5.01 Å². The molecule has 100 valence electrons. The lowest BCUT2D eigenvalue weighted by Gasteiger charge is -2.10. The quantitative estimate of drug-likeness (QED) is 0.709. The van der Waals surface area contributed by atoms with E-state index in [-0.39, 0.29) is 11.6 Å². The lowest BCUT2D eigenvalue weighted by Crippen LogP contribution is -2.26. The molecular formula is C13H17N5O. The summed E-state index contributed by atoms with van der Waals surface area (Å²) in [6, 6.07) is 3.17. The summed E-state index contributed by atoms with van der Waals surface area (Å²) >= 11 is 0. The van der Waals surface area contributed by atoms with Gasteiger partial charge < -0.3 is 10.8 Å². The van der Waals surface area contributed by atoms with Crippen LogP contribution in [0.4, 0.5) is 11.4 Å². The second-order valence-electron chi connectivity index (χ2n) is 4.41. The number of rotatable bonds is 2. The third-order valence-corrected chi connectivity index (χ3v) is 2.97. The van der Waals surface area contributed by atoms with Crippen LogP contribution >= 0.6 is 0 Å². The number of nitrogens with two attached hydrogens (primary N) is 1. The van der Waals surface area contributed by atoms with Crippen molar-refractivity contribution in [1.29, 1.82) is 5.41 Å². The molecule has 0 amide bonds. The normalized spacial score (nSPS) is 17.2. The van der Waals surface area contributed by atoms with E-state index in [2.05, 4.69) is 10.1 Å². The van der Waals surface area contributed by atoms with E-state index in [4.69, 9.17) is 11.1 Å². The summed E-state index contributed by atoms with van der Waals surface area (Å²) in [5, 5.41) is 23.4. The van der Waals surface area contributed by atoms with Crippen LogP contribution in [0.3, 0.4) is 0 Å². The molecule has 0 saturated heterocycles. The Morgan fingerprint density at radius 3 is 2.68 bits per heavy atom. The Kier molecular flexibility index (Phi) is 3.25. The number of hydrazone groups is 1. The molecule has 0 atom stereocenters. The van der Waals surface area contributed by atoms with Crippen LogP contribution in [-0.2, 0) is 0 Å². The molecule has 1 aliphatic heterocycles. The minimum absolute atomic E-state index is 0.142. The number of hydrogen-bond acceptors (Lipinski definition) is 5. The molecule has 1 heterocycles. The monoisotopic (exact) mass is 259 g/mol. The summed E-state index contributed by atoms with van der Waals surface area (Å²) in [7, 11) is 0. The van der Waals surface area contributed by atoms with Gasteiger partial charge in [-0.05, 0) is 32.4 Å². The van der Waals surface area contributed by atoms with Gasteiger partial charge in [0.05, 0.1) is 17.1 Å². The van der Waals surface area contributed by atoms with Crippen LogP contribution in [0.25, 0.3) is 0 Å². The zero-order valence-corrected chi connectivity index (χ0v) is 11.2. The molecule has 0 saturated carbocycles. The molecule has 1 aromatic carbocycles. The second kappa shape index (κ2) is 4.72. The van der Waals surface area contributed by atoms with Gasteiger partial charge in [0.25, 0.3) is 0 Å². The fraction of sp³-hybridized carbons (Fsp3) is 0.308. The first-order valence-electron chi connectivity index (χ1n) is 6.03. The highest BCUT2D eigenvalue weighted by Crippen LogP contribution is 2.30. The molecular weight excluding hydrogens is 242 g/mol. The zero-order chi connectivity index (χ0) is 14.2. The lowest BCUT2D eigenvalue weighted by molar-refractivity contribution is 0.471. The Morgan fingerprint density at radius 2 is 2.11 bits per heavy atom. The molecule has 6 nitrogen and oxygen atoms in total. The van der Waals surface area contributed by atoms with Gasteiger partial charge in [0.1, 0.15) is 11.5 Å². The molecule has 0 aromatic heterocycles. The van der Waals surface area contributed by atoms with Gasteiger partial charge in [0, 0.05) is 12.6 Å². The minimum atomic E-state index is 0.142. The Balaban J connectivity index is 2.45. The van der Waals surface area contributed by atoms with Crippen LogP contribution < -0.4 is 5.73 Å². The van der Waals surface area contributed by atoms with Crippen LogP contribution in [0.2, 0.25) is 0 Å². The van der Waals surface area contributed by atoms with Gasteiger partial charge in [0.2, 0.25) is 0 Å². The predicted octanol–water partition coefficient (Wildman–Crippen LogP) is 2.04. The number of nitrogens with one attached hydrogen (secondary N) is 1. The van der Waals surface area contributed by atoms with E-state index in [1.54, 1.807) is 18.0 Å². The molecule has 1 aromatic rings. The summed E-state index contributed by atoms with van der Waals surface area (Å²) < 4.78 is 0. The number of hydrogen-bond donors (Lipinski definition) is 3. The van der Waals surface area contributed by atoms with Crippen molar-refractivity contribution >= 4 is 28.6 Å². The van der Waals surface area contributed by atoms with E-state index in [1.165, 1.54) is 6.07 Å². The van der Waals surface area contributed by atoms with E-state index in [1.807, 2.05) is 13.8 Å². The smallest absolute Gasteiger partial charge is 0.169 e. The largest absolute Gasteiger partial charge is 0.508 e. The van der Waals surface area contributed by atoms with Gasteiger partial charge in [-0.1, -0.05) is 0 Å². The minimum Gasteiger partial charge on any atom is -0.508 e. The topological polar surface area (TPSA) is 98.1 Å². The fourth-order valence-electron chi connectivity index (χ4n) is 1.85. The van der Waals surface area contributed by atoms with Gasteiger partial charge >= 0.3 is 0 Å². The number of phenols is 1. The summed E-state index contributed by atoms with van der Waals surface area (Å²) in [5.74, 6) is 0.411. The van der Waals surface area contributed by atoms with Crippen molar-refractivity contribution in [2.45, 2.75) is 20.8 Å². The molecule has 0 radical (unpaired) electrons. The molecule has 19 heavy (non-hydrogen) atoms. The maximum atomic E-state index is 9.57.